The van der Waals surface area contributed by atoms with E-state index in [1.165, 1.54) is 12.1 Å². The van der Waals surface area contributed by atoms with Gasteiger partial charge in [-0.15, -0.1) is 0 Å². The highest BCUT2D eigenvalue weighted by Crippen LogP contribution is 2.22. The minimum atomic E-state index is -0.444. The lowest BCUT2D eigenvalue weighted by Crippen LogP contribution is -2.37. The van der Waals surface area contributed by atoms with E-state index in [1.807, 2.05) is 25.1 Å². The van der Waals surface area contributed by atoms with Crippen LogP contribution in [0.1, 0.15) is 32.7 Å². The van der Waals surface area contributed by atoms with Crippen LogP contribution >= 0.6 is 0 Å². The van der Waals surface area contributed by atoms with Gasteiger partial charge in [0.15, 0.2) is 0 Å². The molecule has 2 amide bonds. The number of hydrogen-bond acceptors (Lipinski definition) is 3. The fourth-order valence-electron chi connectivity index (χ4n) is 3.18. The van der Waals surface area contributed by atoms with Crippen molar-refractivity contribution in [3.05, 3.63) is 76.6 Å². The molecule has 1 aliphatic rings. The van der Waals surface area contributed by atoms with Crippen LogP contribution in [-0.4, -0.2) is 43.4 Å². The van der Waals surface area contributed by atoms with Crippen molar-refractivity contribution in [1.29, 1.82) is 0 Å². The number of amides is 2. The summed E-state index contributed by atoms with van der Waals surface area (Å²) in [7, 11) is 1.60. The molecule has 2 N–H and O–H groups in total. The second kappa shape index (κ2) is 8.69. The van der Waals surface area contributed by atoms with E-state index < -0.39 is 5.82 Å². The van der Waals surface area contributed by atoms with Crippen LogP contribution < -0.4 is 10.6 Å². The van der Waals surface area contributed by atoms with Crippen LogP contribution in [0.5, 0.6) is 0 Å². The van der Waals surface area contributed by atoms with E-state index in [2.05, 4.69) is 10.6 Å². The second-order valence-corrected chi connectivity index (χ2v) is 6.82. The van der Waals surface area contributed by atoms with Crippen LogP contribution in [0.2, 0.25) is 0 Å². The van der Waals surface area contributed by atoms with Crippen LogP contribution in [0, 0.1) is 12.7 Å². The number of para-hydroxylation sites is 1. The molecule has 0 radical (unpaired) electrons. The Balaban J connectivity index is 1.58. The van der Waals surface area contributed by atoms with Crippen molar-refractivity contribution in [1.82, 2.24) is 10.2 Å². The van der Waals surface area contributed by atoms with E-state index >= 15 is 0 Å². The third-order valence-corrected chi connectivity index (χ3v) is 4.87. The number of aryl methyl sites for hydroxylation is 1. The van der Waals surface area contributed by atoms with E-state index in [1.54, 1.807) is 30.1 Å². The highest BCUT2D eigenvalue weighted by molar-refractivity contribution is 6.00. The number of halogens is 1. The molecule has 0 fully saturated rings. The summed E-state index contributed by atoms with van der Waals surface area (Å²) < 4.78 is 13.9. The number of benzene rings is 2. The van der Waals surface area contributed by atoms with Crippen LogP contribution in [0.15, 0.2) is 54.1 Å². The Morgan fingerprint density at radius 3 is 2.54 bits per heavy atom. The van der Waals surface area contributed by atoms with Crippen LogP contribution in [-0.2, 0) is 0 Å². The van der Waals surface area contributed by atoms with E-state index in [0.717, 1.165) is 11.1 Å². The molecule has 2 aromatic carbocycles. The molecule has 6 heteroatoms. The van der Waals surface area contributed by atoms with Gasteiger partial charge in [-0.2, -0.15) is 0 Å². The maximum Gasteiger partial charge on any atom is 0.256 e. The first-order valence-corrected chi connectivity index (χ1v) is 9.28. The molecule has 0 unspecified atom stereocenters. The number of rotatable bonds is 5. The fourth-order valence-corrected chi connectivity index (χ4v) is 3.18. The molecule has 5 nitrogen and oxygen atoms in total. The van der Waals surface area contributed by atoms with Crippen molar-refractivity contribution in [3.8, 4) is 0 Å². The SMILES string of the molecule is CNc1c(F)cccc1C(=O)N1CC=C(CNC(=O)c2ccc(C)cc2)CC1. The van der Waals surface area contributed by atoms with Crippen molar-refractivity contribution in [2.45, 2.75) is 13.3 Å². The largest absolute Gasteiger partial charge is 0.385 e. The summed E-state index contributed by atoms with van der Waals surface area (Å²) in [6.45, 7) is 3.40. The summed E-state index contributed by atoms with van der Waals surface area (Å²) in [5.41, 5.74) is 3.36. The molecule has 28 heavy (non-hydrogen) atoms. The predicted octanol–water partition coefficient (Wildman–Crippen LogP) is 3.38. The Morgan fingerprint density at radius 1 is 1.14 bits per heavy atom. The minimum absolute atomic E-state index is 0.113. The molecule has 2 aromatic rings. The topological polar surface area (TPSA) is 61.4 Å². The van der Waals surface area contributed by atoms with Crippen molar-refractivity contribution < 1.29 is 14.0 Å². The quantitative estimate of drug-likeness (QED) is 0.781. The van der Waals surface area contributed by atoms with Crippen molar-refractivity contribution in [2.75, 3.05) is 32.0 Å². The van der Waals surface area contributed by atoms with Gasteiger partial charge in [0, 0.05) is 32.2 Å². The Morgan fingerprint density at radius 2 is 1.89 bits per heavy atom. The Kier molecular flexibility index (Phi) is 6.09. The molecule has 0 saturated heterocycles. The molecule has 0 aliphatic carbocycles. The van der Waals surface area contributed by atoms with Gasteiger partial charge in [0.1, 0.15) is 5.82 Å². The van der Waals surface area contributed by atoms with Crippen molar-refractivity contribution in [2.24, 2.45) is 0 Å². The van der Waals surface area contributed by atoms with Gasteiger partial charge in [0.05, 0.1) is 11.3 Å². The third kappa shape index (κ3) is 4.39. The number of nitrogens with one attached hydrogen (secondary N) is 2. The van der Waals surface area contributed by atoms with Crippen LogP contribution in [0.25, 0.3) is 0 Å². The number of nitrogens with zero attached hydrogens (tertiary/aromatic N) is 1. The third-order valence-electron chi connectivity index (χ3n) is 4.87. The molecular formula is C22H24FN3O2. The molecule has 0 saturated carbocycles. The van der Waals surface area contributed by atoms with E-state index in [9.17, 15) is 14.0 Å². The van der Waals surface area contributed by atoms with Gasteiger partial charge in [-0.25, -0.2) is 4.39 Å². The second-order valence-electron chi connectivity index (χ2n) is 6.82. The summed E-state index contributed by atoms with van der Waals surface area (Å²) in [5, 5.41) is 5.68. The molecule has 0 aromatic heterocycles. The smallest absolute Gasteiger partial charge is 0.256 e. The lowest BCUT2D eigenvalue weighted by molar-refractivity contribution is 0.0767. The molecular weight excluding hydrogens is 357 g/mol. The number of carbonyl (C=O) groups excluding carboxylic acids is 2. The lowest BCUT2D eigenvalue weighted by Gasteiger charge is -2.27. The Hall–Kier alpha value is -3.15. The molecule has 0 atom stereocenters. The van der Waals surface area contributed by atoms with Gasteiger partial charge in [0.2, 0.25) is 0 Å². The van der Waals surface area contributed by atoms with Crippen LogP contribution in [0.3, 0.4) is 0 Å². The van der Waals surface area contributed by atoms with Crippen molar-refractivity contribution >= 4 is 17.5 Å². The first-order valence-electron chi connectivity index (χ1n) is 9.28. The molecule has 146 valence electrons. The number of hydrogen-bond donors (Lipinski definition) is 2. The number of carbonyl (C=O) groups is 2. The van der Waals surface area contributed by atoms with E-state index in [4.69, 9.17) is 0 Å². The summed E-state index contributed by atoms with van der Waals surface area (Å²) >= 11 is 0. The van der Waals surface area contributed by atoms with E-state index in [0.29, 0.717) is 37.2 Å². The van der Waals surface area contributed by atoms with Gasteiger partial charge in [-0.05, 0) is 37.6 Å². The van der Waals surface area contributed by atoms with Gasteiger partial charge in [0.25, 0.3) is 11.8 Å². The van der Waals surface area contributed by atoms with Gasteiger partial charge in [-0.3, -0.25) is 9.59 Å². The molecule has 0 spiro atoms. The average Bonchev–Trinajstić information content (AvgIpc) is 2.72. The molecule has 1 heterocycles. The predicted molar refractivity (Wildman–Crippen MR) is 108 cm³/mol. The number of anilines is 1. The standard InChI is InChI=1S/C22H24FN3O2/c1-15-6-8-17(9-7-15)21(27)25-14-16-10-12-26(13-11-16)22(28)18-4-3-5-19(23)20(18)24-2/h3-10,24H,11-14H2,1-2H3,(H,25,27). The van der Waals surface area contributed by atoms with Gasteiger partial charge in [-0.1, -0.05) is 35.4 Å². The summed E-state index contributed by atoms with van der Waals surface area (Å²) in [5.74, 6) is -0.763. The van der Waals surface area contributed by atoms with Gasteiger partial charge >= 0.3 is 0 Å². The average molecular weight is 381 g/mol. The van der Waals surface area contributed by atoms with Crippen molar-refractivity contribution in [3.63, 3.8) is 0 Å². The first kappa shape index (κ1) is 19.6. The van der Waals surface area contributed by atoms with Crippen LogP contribution in [0.4, 0.5) is 10.1 Å². The zero-order chi connectivity index (χ0) is 20.1. The summed E-state index contributed by atoms with van der Waals surface area (Å²) in [6, 6.07) is 11.9. The van der Waals surface area contributed by atoms with Gasteiger partial charge < -0.3 is 15.5 Å². The molecule has 3 rings (SSSR count). The highest BCUT2D eigenvalue weighted by atomic mass is 19.1. The normalized spacial score (nSPS) is 13.7. The monoisotopic (exact) mass is 381 g/mol. The minimum Gasteiger partial charge on any atom is -0.385 e. The highest BCUT2D eigenvalue weighted by Gasteiger charge is 2.22. The maximum absolute atomic E-state index is 13.9. The summed E-state index contributed by atoms with van der Waals surface area (Å²) in [6.07, 6.45) is 2.62. The maximum atomic E-state index is 13.9. The van der Waals surface area contributed by atoms with E-state index in [-0.39, 0.29) is 17.5 Å². The lowest BCUT2D eigenvalue weighted by atomic mass is 10.1. The zero-order valence-electron chi connectivity index (χ0n) is 16.1. The zero-order valence-corrected chi connectivity index (χ0v) is 16.1. The fraction of sp³-hybridized carbons (Fsp3) is 0.273. The molecule has 0 bridgehead atoms. The first-order chi connectivity index (χ1) is 13.5. The Bertz CT molecular complexity index is 906. The Labute approximate surface area is 164 Å². The molecule has 1 aliphatic heterocycles. The summed E-state index contributed by atoms with van der Waals surface area (Å²) in [4.78, 5) is 26.6.